The van der Waals surface area contributed by atoms with Crippen LogP contribution in [-0.2, 0) is 22.1 Å². The van der Waals surface area contributed by atoms with Crippen LogP contribution in [0.2, 0.25) is 0 Å². The summed E-state index contributed by atoms with van der Waals surface area (Å²) in [6, 6.07) is 24.2. The monoisotopic (exact) mass is 522 g/mol. The lowest BCUT2D eigenvalue weighted by molar-refractivity contribution is 0.0739. The third kappa shape index (κ3) is 7.22. The molecule has 0 bridgehead atoms. The van der Waals surface area contributed by atoms with Crippen molar-refractivity contribution in [2.75, 3.05) is 0 Å². The predicted octanol–water partition coefficient (Wildman–Crippen LogP) is 6.11. The number of hydrogen-bond acceptors (Lipinski definition) is 5. The summed E-state index contributed by atoms with van der Waals surface area (Å²) in [4.78, 5) is 0. The Hall–Kier alpha value is -3.13. The Morgan fingerprint density at radius 2 is 1.57 bits per heavy atom. The smallest absolute Gasteiger partial charge is 0.268 e. The summed E-state index contributed by atoms with van der Waals surface area (Å²) in [5.41, 5.74) is 2.41. The van der Waals surface area contributed by atoms with E-state index >= 15 is 0 Å². The van der Waals surface area contributed by atoms with E-state index in [0.717, 1.165) is 37.0 Å². The molecule has 3 aromatic rings. The van der Waals surface area contributed by atoms with Gasteiger partial charge in [0.05, 0.1) is 11.4 Å². The van der Waals surface area contributed by atoms with Crippen LogP contribution in [0.3, 0.4) is 0 Å². The van der Waals surface area contributed by atoms with E-state index in [0.29, 0.717) is 12.0 Å². The number of aliphatic hydroxyl groups is 1. The molecule has 7 heteroatoms. The Kier molecular flexibility index (Phi) is 8.69. The highest BCUT2D eigenvalue weighted by Gasteiger charge is 2.37. The maximum Gasteiger partial charge on any atom is 0.268 e. The van der Waals surface area contributed by atoms with Crippen LogP contribution in [0, 0.1) is 0 Å². The second kappa shape index (κ2) is 11.9. The number of rotatable bonds is 11. The van der Waals surface area contributed by atoms with Crippen molar-refractivity contribution in [1.82, 2.24) is 0 Å². The average molecular weight is 523 g/mol. The highest BCUT2D eigenvalue weighted by molar-refractivity contribution is 7.86. The number of aromatic hydroxyl groups is 1. The molecule has 6 nitrogen and oxygen atoms in total. The van der Waals surface area contributed by atoms with Crippen LogP contribution in [0.1, 0.15) is 61.3 Å². The second-order valence-electron chi connectivity index (χ2n) is 9.69. The van der Waals surface area contributed by atoms with Gasteiger partial charge in [0.2, 0.25) is 0 Å². The van der Waals surface area contributed by atoms with E-state index < -0.39 is 21.5 Å². The molecule has 0 aromatic heterocycles. The standard InChI is InChI=1S/C30H34O6S/c31-26-16-14-24(15-17-26)29(32)10-6-9-28(37(33,34)35)20-13-23-11-18-27(19-12-23)36-30(21-4-5-22-30)25-7-2-1-3-8-25/h1-3,6-8,10-12,14-19,28-29,31-32H,4-5,9,13,20-22H2,(H,33,34,35)/t28-,29+/m0/s1. The van der Waals surface area contributed by atoms with Crippen molar-refractivity contribution in [3.05, 3.63) is 108 Å². The van der Waals surface area contributed by atoms with E-state index in [-0.39, 0.29) is 24.2 Å². The molecule has 37 heavy (non-hydrogen) atoms. The maximum absolute atomic E-state index is 12.0. The number of aliphatic hydroxyl groups excluding tert-OH is 1. The lowest BCUT2D eigenvalue weighted by Gasteiger charge is -2.31. The molecule has 2 atom stereocenters. The molecule has 0 amide bonds. The molecule has 0 heterocycles. The van der Waals surface area contributed by atoms with Crippen molar-refractivity contribution < 1.29 is 27.9 Å². The van der Waals surface area contributed by atoms with Gasteiger partial charge in [-0.2, -0.15) is 8.42 Å². The minimum atomic E-state index is -4.26. The van der Waals surface area contributed by atoms with Gasteiger partial charge in [-0.05, 0) is 85.9 Å². The minimum Gasteiger partial charge on any atom is -0.508 e. The van der Waals surface area contributed by atoms with Gasteiger partial charge in [-0.3, -0.25) is 4.55 Å². The van der Waals surface area contributed by atoms with Crippen molar-refractivity contribution >= 4 is 10.1 Å². The first-order chi connectivity index (χ1) is 17.7. The number of benzene rings is 3. The molecular weight excluding hydrogens is 488 g/mol. The van der Waals surface area contributed by atoms with Gasteiger partial charge >= 0.3 is 0 Å². The van der Waals surface area contributed by atoms with Gasteiger partial charge in [0.25, 0.3) is 10.1 Å². The second-order valence-corrected chi connectivity index (χ2v) is 11.4. The molecule has 3 aromatic carbocycles. The molecule has 1 saturated carbocycles. The maximum atomic E-state index is 12.0. The largest absolute Gasteiger partial charge is 0.508 e. The quantitative estimate of drug-likeness (QED) is 0.207. The van der Waals surface area contributed by atoms with Gasteiger partial charge in [0.15, 0.2) is 0 Å². The molecule has 1 aliphatic rings. The first kappa shape index (κ1) is 26.9. The first-order valence-corrected chi connectivity index (χ1v) is 14.2. The van der Waals surface area contributed by atoms with Gasteiger partial charge in [-0.1, -0.05) is 66.7 Å². The van der Waals surface area contributed by atoms with Gasteiger partial charge < -0.3 is 14.9 Å². The van der Waals surface area contributed by atoms with Crippen molar-refractivity contribution in [2.24, 2.45) is 0 Å². The highest BCUT2D eigenvalue weighted by Crippen LogP contribution is 2.42. The summed E-state index contributed by atoms with van der Waals surface area (Å²) in [5, 5.41) is 18.6. The van der Waals surface area contributed by atoms with Crippen molar-refractivity contribution in [1.29, 1.82) is 0 Å². The topological polar surface area (TPSA) is 104 Å². The molecule has 1 aliphatic carbocycles. The minimum absolute atomic E-state index is 0.0781. The fraction of sp³-hybridized carbons (Fsp3) is 0.333. The zero-order valence-corrected chi connectivity index (χ0v) is 21.6. The van der Waals surface area contributed by atoms with Crippen LogP contribution in [0.25, 0.3) is 0 Å². The normalized spacial score (nSPS) is 17.0. The third-order valence-electron chi connectivity index (χ3n) is 7.08. The molecule has 1 fully saturated rings. The Labute approximate surface area is 219 Å². The van der Waals surface area contributed by atoms with E-state index in [9.17, 15) is 23.2 Å². The van der Waals surface area contributed by atoms with E-state index in [4.69, 9.17) is 4.74 Å². The molecule has 3 N–H and O–H groups in total. The number of phenols is 1. The van der Waals surface area contributed by atoms with Crippen LogP contribution in [0.4, 0.5) is 0 Å². The molecule has 0 unspecified atom stereocenters. The van der Waals surface area contributed by atoms with Gasteiger partial charge in [0.1, 0.15) is 17.1 Å². The Bertz CT molecular complexity index is 1260. The summed E-state index contributed by atoms with van der Waals surface area (Å²) in [5.74, 6) is 0.882. The summed E-state index contributed by atoms with van der Waals surface area (Å²) in [6.07, 6.45) is 7.13. The summed E-state index contributed by atoms with van der Waals surface area (Å²) < 4.78 is 40.2. The number of allylic oxidation sites excluding steroid dienone is 1. The molecule has 0 radical (unpaired) electrons. The van der Waals surface area contributed by atoms with Crippen molar-refractivity contribution in [3.63, 3.8) is 0 Å². The molecule has 0 spiro atoms. The Morgan fingerprint density at radius 1 is 0.919 bits per heavy atom. The van der Waals surface area contributed by atoms with E-state index in [2.05, 4.69) is 12.1 Å². The molecular formula is C30H34O6S. The van der Waals surface area contributed by atoms with Crippen LogP contribution in [0.15, 0.2) is 91.0 Å². The molecule has 196 valence electrons. The van der Waals surface area contributed by atoms with Crippen molar-refractivity contribution in [2.45, 2.75) is 61.9 Å². The SMILES string of the molecule is O=S(=O)(O)[C@@H](CC=C[C@@H](O)c1ccc(O)cc1)CCc1ccc(OC2(c3ccccc3)CCCC2)cc1. The fourth-order valence-corrected chi connectivity index (χ4v) is 5.72. The van der Waals surface area contributed by atoms with E-state index in [1.165, 1.54) is 23.8 Å². The number of ether oxygens (including phenoxy) is 1. The van der Waals surface area contributed by atoms with E-state index in [1.54, 1.807) is 18.2 Å². The van der Waals surface area contributed by atoms with Gasteiger partial charge in [-0.15, -0.1) is 0 Å². The fourth-order valence-electron chi connectivity index (χ4n) is 4.95. The number of phenolic OH excluding ortho intramolecular Hbond substituents is 1. The Balaban J connectivity index is 1.35. The summed E-state index contributed by atoms with van der Waals surface area (Å²) in [7, 11) is -4.26. The highest BCUT2D eigenvalue weighted by atomic mass is 32.2. The van der Waals surface area contributed by atoms with Crippen LogP contribution >= 0.6 is 0 Å². The van der Waals surface area contributed by atoms with Crippen LogP contribution < -0.4 is 4.74 Å². The van der Waals surface area contributed by atoms with Gasteiger partial charge in [0, 0.05) is 0 Å². The van der Waals surface area contributed by atoms with Crippen LogP contribution in [-0.4, -0.2) is 28.4 Å². The van der Waals surface area contributed by atoms with Crippen LogP contribution in [0.5, 0.6) is 11.5 Å². The zero-order valence-electron chi connectivity index (χ0n) is 20.7. The molecule has 0 aliphatic heterocycles. The number of hydrogen-bond donors (Lipinski definition) is 3. The first-order valence-electron chi connectivity index (χ1n) is 12.7. The van der Waals surface area contributed by atoms with E-state index in [1.807, 2.05) is 42.5 Å². The zero-order chi connectivity index (χ0) is 26.3. The molecule has 0 saturated heterocycles. The average Bonchev–Trinajstić information content (AvgIpc) is 3.37. The Morgan fingerprint density at radius 3 is 2.19 bits per heavy atom. The third-order valence-corrected chi connectivity index (χ3v) is 8.35. The summed E-state index contributed by atoms with van der Waals surface area (Å²) in [6.45, 7) is 0. The lowest BCUT2D eigenvalue weighted by atomic mass is 9.92. The number of aryl methyl sites for hydroxylation is 1. The molecule has 4 rings (SSSR count). The lowest BCUT2D eigenvalue weighted by Crippen LogP contribution is -2.29. The summed E-state index contributed by atoms with van der Waals surface area (Å²) >= 11 is 0. The van der Waals surface area contributed by atoms with Gasteiger partial charge in [-0.25, -0.2) is 0 Å². The van der Waals surface area contributed by atoms with Crippen molar-refractivity contribution in [3.8, 4) is 11.5 Å². The predicted molar refractivity (Wildman–Crippen MR) is 144 cm³/mol.